The zero-order valence-electron chi connectivity index (χ0n) is 18.9. The summed E-state index contributed by atoms with van der Waals surface area (Å²) in [5.41, 5.74) is 0.386. The van der Waals surface area contributed by atoms with Gasteiger partial charge in [0.2, 0.25) is 11.8 Å². The molecule has 2 unspecified atom stereocenters. The average Bonchev–Trinajstić information content (AvgIpc) is 2.76. The molecule has 32 heavy (non-hydrogen) atoms. The number of nitrogens with zero attached hydrogens (tertiary/aromatic N) is 2. The van der Waals surface area contributed by atoms with Gasteiger partial charge in [-0.1, -0.05) is 24.3 Å². The van der Waals surface area contributed by atoms with Crippen LogP contribution in [0.5, 0.6) is 5.88 Å². The Kier molecular flexibility index (Phi) is 7.12. The minimum atomic E-state index is -4.58. The first-order valence-corrected chi connectivity index (χ1v) is 10.7. The predicted molar refractivity (Wildman–Crippen MR) is 116 cm³/mol. The molecule has 1 amide bonds. The van der Waals surface area contributed by atoms with Crippen LogP contribution >= 0.6 is 0 Å². The van der Waals surface area contributed by atoms with Crippen LogP contribution in [0.25, 0.3) is 0 Å². The molecule has 1 aromatic carbocycles. The monoisotopic (exact) mass is 449 g/mol. The van der Waals surface area contributed by atoms with Crippen molar-refractivity contribution in [3.63, 3.8) is 0 Å². The number of ether oxygens (including phenoxy) is 1. The van der Waals surface area contributed by atoms with Crippen LogP contribution in [0.4, 0.5) is 13.2 Å². The van der Waals surface area contributed by atoms with Gasteiger partial charge in [-0.05, 0) is 57.0 Å². The number of hydrogen-bond donors (Lipinski definition) is 1. The van der Waals surface area contributed by atoms with Gasteiger partial charge in [-0.15, -0.1) is 0 Å². The SMILES string of the molecule is Cc1ccccc1C1CNCCC1N(C)C(=O)C(C)(C)COc1ncccc1C(F)(F)F. The van der Waals surface area contributed by atoms with Crippen molar-refractivity contribution in [1.82, 2.24) is 15.2 Å². The second-order valence-electron chi connectivity index (χ2n) is 8.97. The van der Waals surface area contributed by atoms with E-state index in [-0.39, 0.29) is 24.5 Å². The number of carbonyl (C=O) groups is 1. The Morgan fingerprint density at radius 1 is 1.22 bits per heavy atom. The van der Waals surface area contributed by atoms with Gasteiger partial charge in [0.05, 0.1) is 5.41 Å². The highest BCUT2D eigenvalue weighted by molar-refractivity contribution is 5.82. The number of amides is 1. The maximum Gasteiger partial charge on any atom is 0.421 e. The van der Waals surface area contributed by atoms with Gasteiger partial charge in [-0.25, -0.2) is 4.98 Å². The fraction of sp³-hybridized carbons (Fsp3) is 0.500. The van der Waals surface area contributed by atoms with Crippen molar-refractivity contribution in [3.05, 3.63) is 59.3 Å². The lowest BCUT2D eigenvalue weighted by Crippen LogP contribution is -2.53. The molecule has 174 valence electrons. The van der Waals surface area contributed by atoms with E-state index in [1.54, 1.807) is 25.8 Å². The number of aromatic nitrogens is 1. The fourth-order valence-corrected chi connectivity index (χ4v) is 4.29. The summed E-state index contributed by atoms with van der Waals surface area (Å²) in [7, 11) is 1.77. The van der Waals surface area contributed by atoms with Crippen LogP contribution in [-0.4, -0.2) is 48.6 Å². The van der Waals surface area contributed by atoms with E-state index in [0.29, 0.717) is 0 Å². The second-order valence-corrected chi connectivity index (χ2v) is 8.97. The molecule has 0 aliphatic carbocycles. The Bertz CT molecular complexity index is 946. The Labute approximate surface area is 187 Å². The van der Waals surface area contributed by atoms with E-state index < -0.39 is 23.0 Å². The van der Waals surface area contributed by atoms with Crippen LogP contribution in [0.15, 0.2) is 42.6 Å². The number of rotatable bonds is 6. The number of benzene rings is 1. The largest absolute Gasteiger partial charge is 0.476 e. The number of likely N-dealkylation sites (N-methyl/N-ethyl adjacent to an activating group) is 1. The third-order valence-corrected chi connectivity index (χ3v) is 6.08. The maximum atomic E-state index is 13.4. The molecule has 0 saturated carbocycles. The quantitative estimate of drug-likeness (QED) is 0.710. The van der Waals surface area contributed by atoms with Gasteiger partial charge in [-0.2, -0.15) is 13.2 Å². The lowest BCUT2D eigenvalue weighted by Gasteiger charge is -2.42. The highest BCUT2D eigenvalue weighted by Crippen LogP contribution is 2.36. The Morgan fingerprint density at radius 3 is 2.62 bits per heavy atom. The van der Waals surface area contributed by atoms with Crippen LogP contribution in [0.2, 0.25) is 0 Å². The minimum Gasteiger partial charge on any atom is -0.476 e. The van der Waals surface area contributed by atoms with Gasteiger partial charge < -0.3 is 15.0 Å². The number of alkyl halides is 3. The molecule has 1 saturated heterocycles. The third-order valence-electron chi connectivity index (χ3n) is 6.08. The standard InChI is InChI=1S/C24H30F3N3O2/c1-16-8-5-6-9-17(16)18-14-28-13-11-20(18)30(4)22(31)23(2,3)15-32-21-19(24(25,26)27)10-7-12-29-21/h5-10,12,18,20,28H,11,13-15H2,1-4H3. The summed E-state index contributed by atoms with van der Waals surface area (Å²) in [5, 5.41) is 3.41. The van der Waals surface area contributed by atoms with E-state index in [0.717, 1.165) is 25.6 Å². The average molecular weight is 450 g/mol. The van der Waals surface area contributed by atoms with E-state index in [4.69, 9.17) is 4.74 Å². The van der Waals surface area contributed by atoms with Gasteiger partial charge in [0.15, 0.2) is 0 Å². The molecule has 1 aliphatic heterocycles. The van der Waals surface area contributed by atoms with Crippen LogP contribution in [0.1, 0.15) is 42.9 Å². The number of carbonyl (C=O) groups excluding carboxylic acids is 1. The number of pyridine rings is 1. The number of halogens is 3. The molecule has 5 nitrogen and oxygen atoms in total. The van der Waals surface area contributed by atoms with Crippen molar-refractivity contribution in [2.75, 3.05) is 26.7 Å². The number of hydrogen-bond acceptors (Lipinski definition) is 4. The van der Waals surface area contributed by atoms with E-state index in [2.05, 4.69) is 29.4 Å². The van der Waals surface area contributed by atoms with Crippen molar-refractivity contribution in [2.24, 2.45) is 5.41 Å². The molecule has 3 rings (SSSR count). The van der Waals surface area contributed by atoms with Crippen LogP contribution in [-0.2, 0) is 11.0 Å². The Morgan fingerprint density at radius 2 is 1.94 bits per heavy atom. The van der Waals surface area contributed by atoms with E-state index in [9.17, 15) is 18.0 Å². The molecule has 1 aliphatic rings. The summed E-state index contributed by atoms with van der Waals surface area (Å²) in [5.74, 6) is -0.557. The van der Waals surface area contributed by atoms with Gasteiger partial charge in [0, 0.05) is 31.7 Å². The van der Waals surface area contributed by atoms with Crippen LogP contribution < -0.4 is 10.1 Å². The molecule has 2 aromatic rings. The molecule has 1 N–H and O–H groups in total. The summed E-state index contributed by atoms with van der Waals surface area (Å²) in [4.78, 5) is 18.9. The maximum absolute atomic E-state index is 13.4. The first kappa shape index (κ1) is 24.0. The molecule has 8 heteroatoms. The predicted octanol–water partition coefficient (Wildman–Crippen LogP) is 4.42. The van der Waals surface area contributed by atoms with E-state index in [1.807, 2.05) is 12.1 Å². The third kappa shape index (κ3) is 5.23. The summed E-state index contributed by atoms with van der Waals surface area (Å²) >= 11 is 0. The summed E-state index contributed by atoms with van der Waals surface area (Å²) in [6.07, 6.45) is -2.55. The highest BCUT2D eigenvalue weighted by atomic mass is 19.4. The second kappa shape index (κ2) is 9.48. The fourth-order valence-electron chi connectivity index (χ4n) is 4.29. The van der Waals surface area contributed by atoms with Crippen LogP contribution in [0, 0.1) is 12.3 Å². The normalized spacial score (nSPS) is 19.5. The van der Waals surface area contributed by atoms with Crippen molar-refractivity contribution in [2.45, 2.75) is 45.3 Å². The molecule has 2 atom stereocenters. The van der Waals surface area contributed by atoms with Crippen LogP contribution in [0.3, 0.4) is 0 Å². The minimum absolute atomic E-state index is 0.0234. The molecular formula is C24H30F3N3O2. The van der Waals surface area contributed by atoms with Crippen molar-refractivity contribution >= 4 is 5.91 Å². The zero-order valence-corrected chi connectivity index (χ0v) is 18.9. The van der Waals surface area contributed by atoms with E-state index >= 15 is 0 Å². The number of aryl methyl sites for hydroxylation is 1. The lowest BCUT2D eigenvalue weighted by molar-refractivity contribution is -0.144. The smallest absolute Gasteiger partial charge is 0.421 e. The zero-order chi connectivity index (χ0) is 23.5. The molecule has 1 fully saturated rings. The molecule has 2 heterocycles. The molecular weight excluding hydrogens is 419 g/mol. The summed E-state index contributed by atoms with van der Waals surface area (Å²) in [6, 6.07) is 10.3. The van der Waals surface area contributed by atoms with Crippen molar-refractivity contribution < 1.29 is 22.7 Å². The molecule has 0 radical (unpaired) electrons. The Hall–Kier alpha value is -2.61. The number of nitrogens with one attached hydrogen (secondary N) is 1. The first-order chi connectivity index (χ1) is 15.0. The van der Waals surface area contributed by atoms with Crippen molar-refractivity contribution in [3.8, 4) is 5.88 Å². The van der Waals surface area contributed by atoms with Gasteiger partial charge in [0.1, 0.15) is 12.2 Å². The summed E-state index contributed by atoms with van der Waals surface area (Å²) < 4.78 is 45.1. The van der Waals surface area contributed by atoms with Gasteiger partial charge in [0.25, 0.3) is 0 Å². The molecule has 1 aromatic heterocycles. The molecule has 0 spiro atoms. The summed E-state index contributed by atoms with van der Waals surface area (Å²) in [6.45, 7) is 6.77. The van der Waals surface area contributed by atoms with Crippen molar-refractivity contribution in [1.29, 1.82) is 0 Å². The molecule has 0 bridgehead atoms. The van der Waals surface area contributed by atoms with Gasteiger partial charge in [-0.3, -0.25) is 4.79 Å². The van der Waals surface area contributed by atoms with Gasteiger partial charge >= 0.3 is 6.18 Å². The first-order valence-electron chi connectivity index (χ1n) is 10.7. The number of piperidine rings is 1. The highest BCUT2D eigenvalue weighted by Gasteiger charge is 2.40. The topological polar surface area (TPSA) is 54.5 Å². The Balaban J connectivity index is 1.76. The van der Waals surface area contributed by atoms with E-state index in [1.165, 1.54) is 23.4 Å². The lowest BCUT2D eigenvalue weighted by atomic mass is 9.82.